The SMILES string of the molecule is CCCn1ccnc1C(NN)c1ccccc1F. The zero-order valence-electron chi connectivity index (χ0n) is 10.3. The second kappa shape index (κ2) is 5.75. The van der Waals surface area contributed by atoms with E-state index in [9.17, 15) is 4.39 Å². The number of nitrogens with two attached hydrogens (primary N) is 1. The first-order chi connectivity index (χ1) is 8.77. The van der Waals surface area contributed by atoms with Crippen LogP contribution in [0.4, 0.5) is 4.39 Å². The van der Waals surface area contributed by atoms with E-state index in [1.165, 1.54) is 6.07 Å². The fourth-order valence-electron chi connectivity index (χ4n) is 2.02. The summed E-state index contributed by atoms with van der Waals surface area (Å²) < 4.78 is 15.8. The Hall–Kier alpha value is -1.72. The normalized spacial score (nSPS) is 12.6. The monoisotopic (exact) mass is 248 g/mol. The lowest BCUT2D eigenvalue weighted by Crippen LogP contribution is -2.31. The molecule has 0 saturated heterocycles. The quantitative estimate of drug-likeness (QED) is 0.628. The van der Waals surface area contributed by atoms with Crippen LogP contribution in [0.1, 0.15) is 30.8 Å². The maximum absolute atomic E-state index is 13.8. The van der Waals surface area contributed by atoms with Crippen molar-refractivity contribution in [3.8, 4) is 0 Å². The van der Waals surface area contributed by atoms with E-state index in [2.05, 4.69) is 17.3 Å². The molecule has 0 bridgehead atoms. The Morgan fingerprint density at radius 1 is 1.44 bits per heavy atom. The van der Waals surface area contributed by atoms with Gasteiger partial charge in [0.1, 0.15) is 17.7 Å². The third kappa shape index (κ3) is 2.42. The lowest BCUT2D eigenvalue weighted by molar-refractivity contribution is 0.515. The van der Waals surface area contributed by atoms with E-state index >= 15 is 0 Å². The Morgan fingerprint density at radius 3 is 2.89 bits per heavy atom. The zero-order chi connectivity index (χ0) is 13.0. The summed E-state index contributed by atoms with van der Waals surface area (Å²) in [5, 5.41) is 0. The topological polar surface area (TPSA) is 55.9 Å². The van der Waals surface area contributed by atoms with Gasteiger partial charge in [0.15, 0.2) is 0 Å². The highest BCUT2D eigenvalue weighted by atomic mass is 19.1. The number of nitrogens with one attached hydrogen (secondary N) is 1. The van der Waals surface area contributed by atoms with Crippen molar-refractivity contribution in [3.05, 3.63) is 53.9 Å². The summed E-state index contributed by atoms with van der Waals surface area (Å²) >= 11 is 0. The second-order valence-corrected chi connectivity index (χ2v) is 4.10. The number of imidazole rings is 1. The average Bonchev–Trinajstić information content (AvgIpc) is 2.82. The van der Waals surface area contributed by atoms with Gasteiger partial charge in [-0.2, -0.15) is 0 Å². The summed E-state index contributed by atoms with van der Waals surface area (Å²) in [5.74, 6) is 6.00. The Kier molecular flexibility index (Phi) is 4.07. The van der Waals surface area contributed by atoms with Gasteiger partial charge in [-0.15, -0.1) is 0 Å². The Labute approximate surface area is 106 Å². The third-order valence-corrected chi connectivity index (χ3v) is 2.85. The lowest BCUT2D eigenvalue weighted by atomic mass is 10.1. The molecule has 2 aromatic rings. The molecule has 4 nitrogen and oxygen atoms in total. The number of halogens is 1. The molecule has 1 aromatic heterocycles. The van der Waals surface area contributed by atoms with Crippen LogP contribution in [0.3, 0.4) is 0 Å². The van der Waals surface area contributed by atoms with E-state index < -0.39 is 6.04 Å². The molecule has 1 heterocycles. The minimum atomic E-state index is -0.437. The van der Waals surface area contributed by atoms with Gasteiger partial charge < -0.3 is 4.57 Å². The molecule has 0 saturated carbocycles. The van der Waals surface area contributed by atoms with Crippen molar-refractivity contribution in [2.45, 2.75) is 25.9 Å². The molecular weight excluding hydrogens is 231 g/mol. The average molecular weight is 248 g/mol. The number of hydrogen-bond acceptors (Lipinski definition) is 3. The minimum Gasteiger partial charge on any atom is -0.333 e. The molecule has 1 atom stereocenters. The van der Waals surface area contributed by atoms with Crippen LogP contribution in [0.15, 0.2) is 36.7 Å². The third-order valence-electron chi connectivity index (χ3n) is 2.85. The van der Waals surface area contributed by atoms with E-state index in [4.69, 9.17) is 5.84 Å². The molecule has 2 rings (SSSR count). The number of hydrazine groups is 1. The number of hydrogen-bond donors (Lipinski definition) is 2. The van der Waals surface area contributed by atoms with Gasteiger partial charge in [0, 0.05) is 24.5 Å². The van der Waals surface area contributed by atoms with E-state index in [0.29, 0.717) is 5.56 Å². The highest BCUT2D eigenvalue weighted by Crippen LogP contribution is 2.22. The number of aromatic nitrogens is 2. The van der Waals surface area contributed by atoms with Crippen LogP contribution in [0.2, 0.25) is 0 Å². The van der Waals surface area contributed by atoms with E-state index in [0.717, 1.165) is 18.8 Å². The van der Waals surface area contributed by atoms with Crippen LogP contribution in [0, 0.1) is 5.82 Å². The molecule has 18 heavy (non-hydrogen) atoms. The lowest BCUT2D eigenvalue weighted by Gasteiger charge is -2.18. The first-order valence-electron chi connectivity index (χ1n) is 5.99. The van der Waals surface area contributed by atoms with Crippen LogP contribution in [0.25, 0.3) is 0 Å². The fraction of sp³-hybridized carbons (Fsp3) is 0.308. The van der Waals surface area contributed by atoms with Crippen molar-refractivity contribution in [2.24, 2.45) is 5.84 Å². The molecule has 96 valence electrons. The van der Waals surface area contributed by atoms with Gasteiger partial charge in [-0.25, -0.2) is 14.8 Å². The van der Waals surface area contributed by atoms with Crippen LogP contribution in [-0.4, -0.2) is 9.55 Å². The smallest absolute Gasteiger partial charge is 0.131 e. The van der Waals surface area contributed by atoms with Crippen molar-refractivity contribution in [1.29, 1.82) is 0 Å². The molecule has 1 unspecified atom stereocenters. The van der Waals surface area contributed by atoms with Gasteiger partial charge in [0.25, 0.3) is 0 Å². The second-order valence-electron chi connectivity index (χ2n) is 4.10. The predicted molar refractivity (Wildman–Crippen MR) is 68.1 cm³/mol. The van der Waals surface area contributed by atoms with Gasteiger partial charge in [0.05, 0.1) is 0 Å². The van der Waals surface area contributed by atoms with Crippen LogP contribution >= 0.6 is 0 Å². The minimum absolute atomic E-state index is 0.286. The van der Waals surface area contributed by atoms with E-state index in [1.54, 1.807) is 24.4 Å². The standard InChI is InChI=1S/C13H17FN4/c1-2-8-18-9-7-16-13(18)12(17-15)10-5-3-4-6-11(10)14/h3-7,9,12,17H,2,8,15H2,1H3. The molecule has 0 aliphatic heterocycles. The van der Waals surface area contributed by atoms with Crippen molar-refractivity contribution in [2.75, 3.05) is 0 Å². The highest BCUT2D eigenvalue weighted by molar-refractivity contribution is 5.26. The Bertz CT molecular complexity index is 509. The predicted octanol–water partition coefficient (Wildman–Crippen LogP) is 1.98. The maximum Gasteiger partial charge on any atom is 0.131 e. The van der Waals surface area contributed by atoms with Crippen LogP contribution < -0.4 is 11.3 Å². The zero-order valence-corrected chi connectivity index (χ0v) is 10.3. The first-order valence-corrected chi connectivity index (χ1v) is 5.99. The maximum atomic E-state index is 13.8. The Balaban J connectivity index is 2.39. The summed E-state index contributed by atoms with van der Waals surface area (Å²) in [4.78, 5) is 4.28. The number of rotatable bonds is 5. The number of nitrogens with zero attached hydrogens (tertiary/aromatic N) is 2. The number of benzene rings is 1. The van der Waals surface area contributed by atoms with Crippen molar-refractivity contribution < 1.29 is 4.39 Å². The molecule has 1 aromatic carbocycles. The summed E-state index contributed by atoms with van der Waals surface area (Å²) in [6.07, 6.45) is 4.57. The summed E-state index contributed by atoms with van der Waals surface area (Å²) in [6, 6.07) is 6.14. The number of aryl methyl sites for hydroxylation is 1. The summed E-state index contributed by atoms with van der Waals surface area (Å²) in [6.45, 7) is 2.92. The van der Waals surface area contributed by atoms with Gasteiger partial charge in [0.2, 0.25) is 0 Å². The van der Waals surface area contributed by atoms with Gasteiger partial charge in [-0.3, -0.25) is 5.84 Å². The summed E-state index contributed by atoms with van der Waals surface area (Å²) in [5.41, 5.74) is 3.14. The Morgan fingerprint density at radius 2 is 2.22 bits per heavy atom. The molecule has 0 aliphatic carbocycles. The van der Waals surface area contributed by atoms with Crippen molar-refractivity contribution >= 4 is 0 Å². The fourth-order valence-corrected chi connectivity index (χ4v) is 2.02. The molecule has 0 radical (unpaired) electrons. The highest BCUT2D eigenvalue weighted by Gasteiger charge is 2.20. The molecule has 3 N–H and O–H groups in total. The van der Waals surface area contributed by atoms with Crippen molar-refractivity contribution in [3.63, 3.8) is 0 Å². The van der Waals surface area contributed by atoms with E-state index in [1.807, 2.05) is 10.8 Å². The van der Waals surface area contributed by atoms with Gasteiger partial charge in [-0.05, 0) is 12.5 Å². The largest absolute Gasteiger partial charge is 0.333 e. The van der Waals surface area contributed by atoms with Crippen molar-refractivity contribution in [1.82, 2.24) is 15.0 Å². The van der Waals surface area contributed by atoms with Crippen LogP contribution in [-0.2, 0) is 6.54 Å². The van der Waals surface area contributed by atoms with Gasteiger partial charge >= 0.3 is 0 Å². The molecule has 0 amide bonds. The molecule has 5 heteroatoms. The molecule has 0 fully saturated rings. The van der Waals surface area contributed by atoms with Crippen LogP contribution in [0.5, 0.6) is 0 Å². The first kappa shape index (κ1) is 12.7. The van der Waals surface area contributed by atoms with Gasteiger partial charge in [-0.1, -0.05) is 25.1 Å². The summed E-state index contributed by atoms with van der Waals surface area (Å²) in [7, 11) is 0. The van der Waals surface area contributed by atoms with E-state index in [-0.39, 0.29) is 5.82 Å². The molecular formula is C13H17FN4. The molecule has 0 aliphatic rings. The molecule has 0 spiro atoms.